The highest BCUT2D eigenvalue weighted by molar-refractivity contribution is 5.26. The van der Waals surface area contributed by atoms with Crippen molar-refractivity contribution in [2.45, 2.75) is 77.9 Å². The minimum absolute atomic E-state index is 0.0813. The Balaban J connectivity index is 1.71. The van der Waals surface area contributed by atoms with Crippen molar-refractivity contribution in [2.24, 2.45) is 34.5 Å². The zero-order valence-electron chi connectivity index (χ0n) is 14.4. The average molecular weight is 304 g/mol. The number of aliphatic hydroxyl groups excluding tert-OH is 2. The van der Waals surface area contributed by atoms with Crippen molar-refractivity contribution in [2.75, 3.05) is 0 Å². The summed E-state index contributed by atoms with van der Waals surface area (Å²) in [4.78, 5) is 0. The van der Waals surface area contributed by atoms with E-state index in [9.17, 15) is 10.2 Å². The second kappa shape index (κ2) is 4.83. The van der Waals surface area contributed by atoms with Crippen LogP contribution in [0.3, 0.4) is 0 Å². The lowest BCUT2D eigenvalue weighted by Gasteiger charge is -2.59. The number of allylic oxidation sites excluding steroid dienone is 1. The van der Waals surface area contributed by atoms with Gasteiger partial charge in [0.05, 0.1) is 12.2 Å². The van der Waals surface area contributed by atoms with Crippen molar-refractivity contribution in [1.82, 2.24) is 0 Å². The first-order chi connectivity index (χ1) is 10.4. The molecule has 0 aromatic rings. The topological polar surface area (TPSA) is 40.5 Å². The molecular formula is C20H32O2. The fourth-order valence-electron chi connectivity index (χ4n) is 7.04. The van der Waals surface area contributed by atoms with Gasteiger partial charge in [-0.05, 0) is 79.4 Å². The predicted octanol–water partition coefficient (Wildman–Crippen LogP) is 3.92. The Morgan fingerprint density at radius 3 is 2.64 bits per heavy atom. The van der Waals surface area contributed by atoms with E-state index in [1.54, 1.807) is 5.57 Å². The minimum atomic E-state index is -0.131. The van der Waals surface area contributed by atoms with E-state index in [4.69, 9.17) is 0 Å². The molecule has 0 saturated heterocycles. The highest BCUT2D eigenvalue weighted by Crippen LogP contribution is 2.65. The molecule has 3 saturated carbocycles. The molecule has 0 aromatic heterocycles. The van der Waals surface area contributed by atoms with Crippen LogP contribution >= 0.6 is 0 Å². The van der Waals surface area contributed by atoms with E-state index in [-0.39, 0.29) is 23.0 Å². The smallest absolute Gasteiger partial charge is 0.0596 e. The van der Waals surface area contributed by atoms with Gasteiger partial charge in [-0.25, -0.2) is 0 Å². The maximum Gasteiger partial charge on any atom is 0.0596 e. The van der Waals surface area contributed by atoms with Gasteiger partial charge in [-0.15, -0.1) is 0 Å². The summed E-state index contributed by atoms with van der Waals surface area (Å²) in [6, 6.07) is 0. The van der Waals surface area contributed by atoms with E-state index < -0.39 is 0 Å². The molecule has 0 radical (unpaired) electrons. The standard InChI is InChI=1S/C20H32O2/c1-12-10-14(21)11-13-4-5-15-16-6-7-18(22)19(16,2)9-8-17(15)20(12,13)3/h4,12,14-18,21-22H,5-11H2,1-3H3/t12-,14-,15-,16-,17-,18-,19-,20-/m0/s1. The van der Waals surface area contributed by atoms with E-state index in [2.05, 4.69) is 26.8 Å². The number of rotatable bonds is 0. The number of hydrogen-bond acceptors (Lipinski definition) is 2. The van der Waals surface area contributed by atoms with Crippen LogP contribution in [0.15, 0.2) is 11.6 Å². The highest BCUT2D eigenvalue weighted by Gasteiger charge is 2.59. The van der Waals surface area contributed by atoms with Crippen molar-refractivity contribution < 1.29 is 10.2 Å². The normalized spacial score (nSPS) is 57.6. The van der Waals surface area contributed by atoms with Gasteiger partial charge in [0, 0.05) is 0 Å². The lowest BCUT2D eigenvalue weighted by atomic mass is 9.46. The first kappa shape index (κ1) is 15.2. The summed E-state index contributed by atoms with van der Waals surface area (Å²) >= 11 is 0. The van der Waals surface area contributed by atoms with Crippen molar-refractivity contribution in [3.63, 3.8) is 0 Å². The molecule has 0 aromatic carbocycles. The molecule has 0 heterocycles. The van der Waals surface area contributed by atoms with Crippen LogP contribution in [0.1, 0.15) is 65.7 Å². The van der Waals surface area contributed by atoms with Crippen LogP contribution in [0.5, 0.6) is 0 Å². The lowest BCUT2D eigenvalue weighted by molar-refractivity contribution is -0.0858. The summed E-state index contributed by atoms with van der Waals surface area (Å²) in [5.41, 5.74) is 2.00. The summed E-state index contributed by atoms with van der Waals surface area (Å²) in [6.07, 6.45) is 9.99. The van der Waals surface area contributed by atoms with Crippen molar-refractivity contribution in [3.05, 3.63) is 11.6 Å². The van der Waals surface area contributed by atoms with Gasteiger partial charge in [0.25, 0.3) is 0 Å². The first-order valence-electron chi connectivity index (χ1n) is 9.43. The third kappa shape index (κ3) is 1.80. The second-order valence-corrected chi connectivity index (χ2v) is 9.26. The third-order valence-electron chi connectivity index (χ3n) is 8.59. The summed E-state index contributed by atoms with van der Waals surface area (Å²) in [6.45, 7) is 7.19. The maximum absolute atomic E-state index is 10.5. The molecular weight excluding hydrogens is 272 g/mol. The van der Waals surface area contributed by atoms with Crippen LogP contribution in [0.25, 0.3) is 0 Å². The molecule has 0 spiro atoms. The molecule has 22 heavy (non-hydrogen) atoms. The van der Waals surface area contributed by atoms with Gasteiger partial charge < -0.3 is 10.2 Å². The van der Waals surface area contributed by atoms with Gasteiger partial charge in [0.2, 0.25) is 0 Å². The van der Waals surface area contributed by atoms with Crippen molar-refractivity contribution in [1.29, 1.82) is 0 Å². The first-order valence-corrected chi connectivity index (χ1v) is 9.43. The van der Waals surface area contributed by atoms with E-state index >= 15 is 0 Å². The van der Waals surface area contributed by atoms with Crippen LogP contribution in [0.4, 0.5) is 0 Å². The Morgan fingerprint density at radius 1 is 1.09 bits per heavy atom. The molecule has 2 N–H and O–H groups in total. The summed E-state index contributed by atoms with van der Waals surface area (Å²) in [5, 5.41) is 20.7. The zero-order chi connectivity index (χ0) is 15.7. The van der Waals surface area contributed by atoms with Gasteiger partial charge in [-0.3, -0.25) is 0 Å². The Hall–Kier alpha value is -0.340. The predicted molar refractivity (Wildman–Crippen MR) is 88.3 cm³/mol. The monoisotopic (exact) mass is 304 g/mol. The molecule has 124 valence electrons. The van der Waals surface area contributed by atoms with E-state index in [1.165, 1.54) is 25.7 Å². The second-order valence-electron chi connectivity index (χ2n) is 9.26. The molecule has 3 fully saturated rings. The summed E-state index contributed by atoms with van der Waals surface area (Å²) in [7, 11) is 0. The van der Waals surface area contributed by atoms with Gasteiger partial charge in [0.15, 0.2) is 0 Å². The molecule has 0 unspecified atom stereocenters. The fraction of sp³-hybridized carbons (Fsp3) is 0.900. The Kier molecular flexibility index (Phi) is 3.34. The van der Waals surface area contributed by atoms with E-state index in [1.807, 2.05) is 0 Å². The van der Waals surface area contributed by atoms with Crippen LogP contribution in [-0.4, -0.2) is 22.4 Å². The van der Waals surface area contributed by atoms with Crippen molar-refractivity contribution >= 4 is 0 Å². The summed E-state index contributed by atoms with van der Waals surface area (Å²) < 4.78 is 0. The largest absolute Gasteiger partial charge is 0.393 e. The molecule has 4 aliphatic carbocycles. The maximum atomic E-state index is 10.5. The van der Waals surface area contributed by atoms with E-state index in [0.717, 1.165) is 31.1 Å². The SMILES string of the molecule is C[C@H]1C[C@H](O)CC2=CC[C@H]3[C@@H]4CC[C@H](O)[C@@]4(C)CC[C@@H]3[C@]21C. The minimum Gasteiger partial charge on any atom is -0.393 e. The van der Waals surface area contributed by atoms with Gasteiger partial charge >= 0.3 is 0 Å². The van der Waals surface area contributed by atoms with E-state index in [0.29, 0.717) is 11.8 Å². The van der Waals surface area contributed by atoms with Crippen molar-refractivity contribution in [3.8, 4) is 0 Å². The number of fused-ring (bicyclic) bond motifs is 5. The van der Waals surface area contributed by atoms with Crippen LogP contribution < -0.4 is 0 Å². The third-order valence-corrected chi connectivity index (χ3v) is 8.59. The Bertz CT molecular complexity index is 498. The molecule has 4 rings (SSSR count). The zero-order valence-corrected chi connectivity index (χ0v) is 14.4. The molecule has 2 heteroatoms. The number of hydrogen-bond donors (Lipinski definition) is 2. The highest BCUT2D eigenvalue weighted by atomic mass is 16.3. The molecule has 0 bridgehead atoms. The molecule has 0 aliphatic heterocycles. The Morgan fingerprint density at radius 2 is 1.86 bits per heavy atom. The van der Waals surface area contributed by atoms with Gasteiger partial charge in [-0.2, -0.15) is 0 Å². The molecule has 8 atom stereocenters. The fourth-order valence-corrected chi connectivity index (χ4v) is 7.04. The van der Waals surface area contributed by atoms with Gasteiger partial charge in [0.1, 0.15) is 0 Å². The lowest BCUT2D eigenvalue weighted by Crippen LogP contribution is -2.53. The van der Waals surface area contributed by atoms with Crippen LogP contribution in [0, 0.1) is 34.5 Å². The van der Waals surface area contributed by atoms with Crippen LogP contribution in [-0.2, 0) is 0 Å². The number of aliphatic hydroxyl groups is 2. The Labute approximate surface area is 135 Å². The van der Waals surface area contributed by atoms with Crippen LogP contribution in [0.2, 0.25) is 0 Å². The van der Waals surface area contributed by atoms with Gasteiger partial charge in [-0.1, -0.05) is 32.4 Å². The molecule has 2 nitrogen and oxygen atoms in total. The summed E-state index contributed by atoms with van der Waals surface area (Å²) in [5.74, 6) is 2.79. The molecule has 4 aliphatic rings. The quantitative estimate of drug-likeness (QED) is 0.666. The molecule has 0 amide bonds. The average Bonchev–Trinajstić information content (AvgIpc) is 2.77.